The minimum Gasteiger partial charge on any atom is -0.456 e. The molecule has 1 aliphatic heterocycles. The van der Waals surface area contributed by atoms with E-state index in [1.807, 2.05) is 5.32 Å². The molecule has 0 saturated carbocycles. The maximum atomic E-state index is 12.4. The molecule has 0 spiro atoms. The zero-order valence-corrected chi connectivity index (χ0v) is 10.9. The van der Waals surface area contributed by atoms with Crippen LogP contribution in [0.2, 0.25) is 0 Å². The second-order valence-corrected chi connectivity index (χ2v) is 4.26. The summed E-state index contributed by atoms with van der Waals surface area (Å²) in [5.41, 5.74) is -0.848. The number of amides is 3. The predicted molar refractivity (Wildman–Crippen MR) is 66.5 cm³/mol. The highest BCUT2D eigenvalue weighted by molar-refractivity contribution is 6.04. The summed E-state index contributed by atoms with van der Waals surface area (Å²) in [4.78, 5) is 33.9. The van der Waals surface area contributed by atoms with Crippen LogP contribution in [0.15, 0.2) is 36.0 Å². The van der Waals surface area contributed by atoms with Crippen molar-refractivity contribution < 1.29 is 32.3 Å². The minimum absolute atomic E-state index is 0.115. The molecule has 1 heterocycles. The first-order valence-corrected chi connectivity index (χ1v) is 5.92. The van der Waals surface area contributed by atoms with Crippen molar-refractivity contribution in [1.29, 1.82) is 0 Å². The van der Waals surface area contributed by atoms with E-state index in [0.717, 1.165) is 30.3 Å². The number of halogens is 3. The van der Waals surface area contributed by atoms with Crippen LogP contribution in [0.4, 0.5) is 18.0 Å². The van der Waals surface area contributed by atoms with Crippen molar-refractivity contribution in [2.75, 3.05) is 6.61 Å². The zero-order chi connectivity index (χ0) is 16.3. The van der Waals surface area contributed by atoms with Gasteiger partial charge in [0, 0.05) is 11.6 Å². The molecular formula is C13H9F3N2O4. The first-order valence-electron chi connectivity index (χ1n) is 5.92. The maximum Gasteiger partial charge on any atom is 0.416 e. The van der Waals surface area contributed by atoms with E-state index in [9.17, 15) is 27.6 Å². The van der Waals surface area contributed by atoms with Crippen LogP contribution in [0.1, 0.15) is 15.9 Å². The normalized spacial score (nSPS) is 14.1. The molecule has 116 valence electrons. The fourth-order valence-electron chi connectivity index (χ4n) is 1.61. The molecule has 0 saturated heterocycles. The Morgan fingerprint density at radius 1 is 1.14 bits per heavy atom. The molecule has 0 fully saturated rings. The molecule has 0 bridgehead atoms. The average Bonchev–Trinajstić information content (AvgIpc) is 2.83. The number of hydrogen-bond acceptors (Lipinski definition) is 4. The predicted octanol–water partition coefficient (Wildman–Crippen LogP) is 1.59. The number of carbonyl (C=O) groups excluding carboxylic acids is 3. The van der Waals surface area contributed by atoms with Crippen LogP contribution in [-0.4, -0.2) is 24.5 Å². The maximum absolute atomic E-state index is 12.4. The number of nitrogens with one attached hydrogen (secondary N) is 2. The van der Waals surface area contributed by atoms with Crippen LogP contribution in [0.25, 0.3) is 0 Å². The largest absolute Gasteiger partial charge is 0.456 e. The molecule has 0 radical (unpaired) electrons. The SMILES string of the molecule is O=C(NC(=O)c1ccc(C(F)(F)F)cc1)NC1=CC(=O)OC1. The molecule has 1 aromatic rings. The van der Waals surface area contributed by atoms with Gasteiger partial charge in [-0.1, -0.05) is 0 Å². The Kier molecular flexibility index (Phi) is 4.15. The second-order valence-electron chi connectivity index (χ2n) is 4.26. The van der Waals surface area contributed by atoms with Crippen LogP contribution in [0, 0.1) is 0 Å². The van der Waals surface area contributed by atoms with Gasteiger partial charge in [0.1, 0.15) is 6.61 Å². The van der Waals surface area contributed by atoms with Gasteiger partial charge in [-0.05, 0) is 24.3 Å². The van der Waals surface area contributed by atoms with Crippen molar-refractivity contribution in [3.05, 3.63) is 47.2 Å². The lowest BCUT2D eigenvalue weighted by Gasteiger charge is -2.08. The molecular weight excluding hydrogens is 305 g/mol. The average molecular weight is 314 g/mol. The highest BCUT2D eigenvalue weighted by atomic mass is 19.4. The topological polar surface area (TPSA) is 84.5 Å². The molecule has 3 amide bonds. The molecule has 1 aromatic carbocycles. The van der Waals surface area contributed by atoms with Gasteiger partial charge in [0.15, 0.2) is 0 Å². The molecule has 9 heteroatoms. The van der Waals surface area contributed by atoms with Gasteiger partial charge < -0.3 is 10.1 Å². The van der Waals surface area contributed by atoms with Crippen molar-refractivity contribution in [2.24, 2.45) is 0 Å². The van der Waals surface area contributed by atoms with E-state index < -0.39 is 29.6 Å². The lowest BCUT2D eigenvalue weighted by atomic mass is 10.1. The van der Waals surface area contributed by atoms with Gasteiger partial charge >= 0.3 is 18.2 Å². The third kappa shape index (κ3) is 3.84. The van der Waals surface area contributed by atoms with Crippen molar-refractivity contribution in [3.63, 3.8) is 0 Å². The minimum atomic E-state index is -4.51. The first-order chi connectivity index (χ1) is 10.3. The van der Waals surface area contributed by atoms with Gasteiger partial charge in [-0.2, -0.15) is 13.2 Å². The molecule has 0 atom stereocenters. The van der Waals surface area contributed by atoms with E-state index in [-0.39, 0.29) is 17.9 Å². The van der Waals surface area contributed by atoms with Gasteiger partial charge in [0.25, 0.3) is 5.91 Å². The Bertz CT molecular complexity index is 650. The number of imide groups is 1. The second kappa shape index (κ2) is 5.88. The quantitative estimate of drug-likeness (QED) is 0.812. The Morgan fingerprint density at radius 2 is 1.77 bits per heavy atom. The third-order valence-electron chi connectivity index (χ3n) is 2.64. The number of hydrogen-bond donors (Lipinski definition) is 2. The highest BCUT2D eigenvalue weighted by Gasteiger charge is 2.30. The molecule has 6 nitrogen and oxygen atoms in total. The lowest BCUT2D eigenvalue weighted by molar-refractivity contribution is -0.137. The van der Waals surface area contributed by atoms with Crippen molar-refractivity contribution >= 4 is 17.9 Å². The van der Waals surface area contributed by atoms with Gasteiger partial charge in [-0.15, -0.1) is 0 Å². The number of urea groups is 1. The Morgan fingerprint density at radius 3 is 2.27 bits per heavy atom. The number of carbonyl (C=O) groups is 3. The van der Waals surface area contributed by atoms with Crippen molar-refractivity contribution in [3.8, 4) is 0 Å². The summed E-state index contributed by atoms with van der Waals surface area (Å²) in [5, 5.41) is 4.13. The summed E-state index contributed by atoms with van der Waals surface area (Å²) in [6, 6.07) is 2.45. The molecule has 0 unspecified atom stereocenters. The van der Waals surface area contributed by atoms with E-state index >= 15 is 0 Å². The van der Waals surface area contributed by atoms with Gasteiger partial charge in [-0.3, -0.25) is 10.1 Å². The molecule has 2 rings (SSSR count). The van der Waals surface area contributed by atoms with Gasteiger partial charge in [0.2, 0.25) is 0 Å². The highest BCUT2D eigenvalue weighted by Crippen LogP contribution is 2.29. The monoisotopic (exact) mass is 314 g/mol. The van der Waals surface area contributed by atoms with E-state index in [0.29, 0.717) is 0 Å². The Hall–Kier alpha value is -2.84. The first kappa shape index (κ1) is 15.5. The van der Waals surface area contributed by atoms with Crippen LogP contribution >= 0.6 is 0 Å². The summed E-state index contributed by atoms with van der Waals surface area (Å²) in [5.74, 6) is -1.50. The van der Waals surface area contributed by atoms with Crippen molar-refractivity contribution in [1.82, 2.24) is 10.6 Å². The molecule has 1 aliphatic rings. The summed E-state index contributed by atoms with van der Waals surface area (Å²) >= 11 is 0. The number of esters is 1. The number of cyclic esters (lactones) is 1. The van der Waals surface area contributed by atoms with Gasteiger partial charge in [-0.25, -0.2) is 9.59 Å². The Balaban J connectivity index is 1.96. The number of benzene rings is 1. The third-order valence-corrected chi connectivity index (χ3v) is 2.64. The van der Waals surface area contributed by atoms with E-state index in [1.54, 1.807) is 0 Å². The smallest absolute Gasteiger partial charge is 0.416 e. The zero-order valence-electron chi connectivity index (χ0n) is 10.9. The van der Waals surface area contributed by atoms with Gasteiger partial charge in [0.05, 0.1) is 11.3 Å². The number of alkyl halides is 3. The van der Waals surface area contributed by atoms with E-state index in [2.05, 4.69) is 10.1 Å². The van der Waals surface area contributed by atoms with E-state index in [1.165, 1.54) is 0 Å². The molecule has 0 aromatic heterocycles. The van der Waals surface area contributed by atoms with Crippen LogP contribution in [0.5, 0.6) is 0 Å². The fourth-order valence-corrected chi connectivity index (χ4v) is 1.61. The van der Waals surface area contributed by atoms with E-state index in [4.69, 9.17) is 0 Å². The van der Waals surface area contributed by atoms with Crippen LogP contribution in [0.3, 0.4) is 0 Å². The number of rotatable bonds is 2. The molecule has 2 N–H and O–H groups in total. The molecule has 22 heavy (non-hydrogen) atoms. The van der Waals surface area contributed by atoms with Crippen LogP contribution < -0.4 is 10.6 Å². The lowest BCUT2D eigenvalue weighted by Crippen LogP contribution is -2.39. The Labute approximate surface area is 121 Å². The summed E-state index contributed by atoms with van der Waals surface area (Å²) in [6.45, 7) is -0.124. The van der Waals surface area contributed by atoms with Crippen molar-refractivity contribution in [2.45, 2.75) is 6.18 Å². The summed E-state index contributed by atoms with van der Waals surface area (Å²) in [7, 11) is 0. The molecule has 0 aliphatic carbocycles. The fraction of sp³-hybridized carbons (Fsp3) is 0.154. The summed E-state index contributed by atoms with van der Waals surface area (Å²) in [6.07, 6.45) is -3.46. The number of ether oxygens (including phenoxy) is 1. The van der Waals surface area contributed by atoms with Crippen LogP contribution in [-0.2, 0) is 15.7 Å². The summed E-state index contributed by atoms with van der Waals surface area (Å²) < 4.78 is 41.7. The standard InChI is InChI=1S/C13H9F3N2O4/c14-13(15,16)8-3-1-7(2-4-8)11(20)18-12(21)17-9-5-10(19)22-6-9/h1-5H,6H2,(H2,17,18,20,21).